The standard InChI is InChI=1S/C15H22F2N2O2/c1-5-6-18-13-11(16)7-10(8-12(13)17)14(20)19-9-15(2,3)21-4/h7-8,18H,5-6,9H2,1-4H3,(H,19,20). The highest BCUT2D eigenvalue weighted by Crippen LogP contribution is 2.21. The van der Waals surface area contributed by atoms with Crippen LogP contribution < -0.4 is 10.6 Å². The third-order valence-corrected chi connectivity index (χ3v) is 3.08. The summed E-state index contributed by atoms with van der Waals surface area (Å²) in [6, 6.07) is 2.05. The molecule has 0 atom stereocenters. The minimum atomic E-state index is -0.778. The summed E-state index contributed by atoms with van der Waals surface area (Å²) in [4.78, 5) is 11.9. The number of hydrogen-bond donors (Lipinski definition) is 2. The zero-order valence-electron chi connectivity index (χ0n) is 12.8. The lowest BCUT2D eigenvalue weighted by atomic mass is 10.1. The number of hydrogen-bond acceptors (Lipinski definition) is 3. The van der Waals surface area contributed by atoms with Crippen molar-refractivity contribution in [3.05, 3.63) is 29.3 Å². The van der Waals surface area contributed by atoms with Crippen molar-refractivity contribution in [3.8, 4) is 0 Å². The Balaban J connectivity index is 2.82. The van der Waals surface area contributed by atoms with Gasteiger partial charge in [0.2, 0.25) is 0 Å². The van der Waals surface area contributed by atoms with E-state index >= 15 is 0 Å². The van der Waals surface area contributed by atoms with Crippen molar-refractivity contribution < 1.29 is 18.3 Å². The predicted octanol–water partition coefficient (Wildman–Crippen LogP) is 2.94. The topological polar surface area (TPSA) is 50.4 Å². The second kappa shape index (κ2) is 7.36. The number of halogens is 2. The Morgan fingerprint density at radius 2 is 1.86 bits per heavy atom. The second-order valence-corrected chi connectivity index (χ2v) is 5.39. The Morgan fingerprint density at radius 1 is 1.29 bits per heavy atom. The smallest absolute Gasteiger partial charge is 0.251 e. The highest BCUT2D eigenvalue weighted by atomic mass is 19.1. The molecule has 21 heavy (non-hydrogen) atoms. The van der Waals surface area contributed by atoms with Gasteiger partial charge in [0.25, 0.3) is 5.91 Å². The fourth-order valence-corrected chi connectivity index (χ4v) is 1.59. The van der Waals surface area contributed by atoms with E-state index in [0.717, 1.165) is 18.6 Å². The van der Waals surface area contributed by atoms with Crippen molar-refractivity contribution in [2.24, 2.45) is 0 Å². The lowest BCUT2D eigenvalue weighted by Crippen LogP contribution is -2.39. The molecule has 1 aromatic carbocycles. The van der Waals surface area contributed by atoms with E-state index < -0.39 is 23.1 Å². The molecule has 6 heteroatoms. The largest absolute Gasteiger partial charge is 0.380 e. The third kappa shape index (κ3) is 4.97. The van der Waals surface area contributed by atoms with E-state index in [1.54, 1.807) is 13.8 Å². The SMILES string of the molecule is CCCNc1c(F)cc(C(=O)NCC(C)(C)OC)cc1F. The summed E-state index contributed by atoms with van der Waals surface area (Å²) < 4.78 is 32.8. The molecule has 0 aliphatic carbocycles. The van der Waals surface area contributed by atoms with E-state index in [-0.39, 0.29) is 17.8 Å². The molecule has 2 N–H and O–H groups in total. The van der Waals surface area contributed by atoms with Crippen molar-refractivity contribution in [2.45, 2.75) is 32.8 Å². The van der Waals surface area contributed by atoms with E-state index in [0.29, 0.717) is 6.54 Å². The maximum atomic E-state index is 13.8. The first kappa shape index (κ1) is 17.4. The van der Waals surface area contributed by atoms with Crippen molar-refractivity contribution >= 4 is 11.6 Å². The quantitative estimate of drug-likeness (QED) is 0.814. The first-order chi connectivity index (χ1) is 9.80. The Bertz CT molecular complexity index is 481. The summed E-state index contributed by atoms with van der Waals surface area (Å²) in [7, 11) is 1.53. The molecule has 0 saturated carbocycles. The Kier molecular flexibility index (Phi) is 6.08. The summed E-state index contributed by atoms with van der Waals surface area (Å²) in [5.41, 5.74) is -0.806. The normalized spacial score (nSPS) is 11.3. The van der Waals surface area contributed by atoms with Crippen LogP contribution in [-0.4, -0.2) is 31.7 Å². The van der Waals surface area contributed by atoms with Crippen LogP contribution in [-0.2, 0) is 4.74 Å². The molecule has 1 amide bonds. The zero-order chi connectivity index (χ0) is 16.0. The van der Waals surface area contributed by atoms with Gasteiger partial charge < -0.3 is 15.4 Å². The van der Waals surface area contributed by atoms with Gasteiger partial charge in [0, 0.05) is 25.8 Å². The molecule has 0 spiro atoms. The molecule has 0 radical (unpaired) electrons. The molecule has 0 bridgehead atoms. The van der Waals surface area contributed by atoms with Gasteiger partial charge in [0.1, 0.15) is 17.3 Å². The van der Waals surface area contributed by atoms with Gasteiger partial charge in [-0.05, 0) is 32.4 Å². The average Bonchev–Trinajstić information content (AvgIpc) is 2.44. The molecular weight excluding hydrogens is 278 g/mol. The van der Waals surface area contributed by atoms with Gasteiger partial charge in [-0.25, -0.2) is 8.78 Å². The van der Waals surface area contributed by atoms with E-state index in [4.69, 9.17) is 4.74 Å². The molecule has 1 aromatic rings. The number of ether oxygens (including phenoxy) is 1. The van der Waals surface area contributed by atoms with Crippen molar-refractivity contribution in [2.75, 3.05) is 25.5 Å². The molecule has 1 rings (SSSR count). The molecule has 0 heterocycles. The van der Waals surface area contributed by atoms with Crippen LogP contribution in [0.4, 0.5) is 14.5 Å². The number of amides is 1. The van der Waals surface area contributed by atoms with Crippen LogP contribution >= 0.6 is 0 Å². The molecule has 4 nitrogen and oxygen atoms in total. The first-order valence-electron chi connectivity index (χ1n) is 6.87. The van der Waals surface area contributed by atoms with Crippen molar-refractivity contribution in [1.82, 2.24) is 5.32 Å². The molecule has 0 aromatic heterocycles. The number of benzene rings is 1. The van der Waals surface area contributed by atoms with Crippen LogP contribution in [0, 0.1) is 11.6 Å². The van der Waals surface area contributed by atoms with Gasteiger partial charge in [-0.15, -0.1) is 0 Å². The molecular formula is C15H22F2N2O2. The van der Waals surface area contributed by atoms with E-state index in [1.165, 1.54) is 7.11 Å². The fourth-order valence-electron chi connectivity index (χ4n) is 1.59. The molecule has 0 unspecified atom stereocenters. The van der Waals surface area contributed by atoms with Gasteiger partial charge in [-0.2, -0.15) is 0 Å². The highest BCUT2D eigenvalue weighted by Gasteiger charge is 2.19. The Hall–Kier alpha value is -1.69. The van der Waals surface area contributed by atoms with Gasteiger partial charge >= 0.3 is 0 Å². The van der Waals surface area contributed by atoms with E-state index in [2.05, 4.69) is 10.6 Å². The summed E-state index contributed by atoms with van der Waals surface area (Å²) in [6.07, 6.45) is 0.743. The van der Waals surface area contributed by atoms with Crippen LogP contribution in [0.1, 0.15) is 37.6 Å². The first-order valence-corrected chi connectivity index (χ1v) is 6.87. The van der Waals surface area contributed by atoms with Crippen LogP contribution in [0.3, 0.4) is 0 Å². The number of carbonyl (C=O) groups excluding carboxylic acids is 1. The predicted molar refractivity (Wildman–Crippen MR) is 78.6 cm³/mol. The fraction of sp³-hybridized carbons (Fsp3) is 0.533. The lowest BCUT2D eigenvalue weighted by Gasteiger charge is -2.23. The zero-order valence-corrected chi connectivity index (χ0v) is 12.8. The van der Waals surface area contributed by atoms with E-state index in [9.17, 15) is 13.6 Å². The number of anilines is 1. The van der Waals surface area contributed by atoms with Gasteiger partial charge in [-0.1, -0.05) is 6.92 Å². The maximum Gasteiger partial charge on any atom is 0.251 e. The van der Waals surface area contributed by atoms with Crippen LogP contribution in [0.25, 0.3) is 0 Å². The van der Waals surface area contributed by atoms with Gasteiger partial charge in [0.15, 0.2) is 0 Å². The van der Waals surface area contributed by atoms with Crippen molar-refractivity contribution in [1.29, 1.82) is 0 Å². The van der Waals surface area contributed by atoms with Crippen molar-refractivity contribution in [3.63, 3.8) is 0 Å². The number of methoxy groups -OCH3 is 1. The third-order valence-electron chi connectivity index (χ3n) is 3.08. The second-order valence-electron chi connectivity index (χ2n) is 5.39. The Morgan fingerprint density at radius 3 is 2.33 bits per heavy atom. The van der Waals surface area contributed by atoms with Gasteiger partial charge in [-0.3, -0.25) is 4.79 Å². The summed E-state index contributed by atoms with van der Waals surface area (Å²) in [6.45, 7) is 6.18. The number of rotatable bonds is 7. The summed E-state index contributed by atoms with van der Waals surface area (Å²) in [5.74, 6) is -2.10. The average molecular weight is 300 g/mol. The molecule has 0 aliphatic heterocycles. The molecule has 0 saturated heterocycles. The molecule has 0 aliphatic rings. The molecule has 118 valence electrons. The summed E-state index contributed by atoms with van der Waals surface area (Å²) in [5, 5.41) is 5.25. The van der Waals surface area contributed by atoms with Gasteiger partial charge in [0.05, 0.1) is 5.60 Å². The van der Waals surface area contributed by atoms with Crippen LogP contribution in [0.15, 0.2) is 12.1 Å². The number of nitrogens with one attached hydrogen (secondary N) is 2. The Labute approximate surface area is 123 Å². The minimum absolute atomic E-state index is 0.0565. The van der Waals surface area contributed by atoms with E-state index in [1.807, 2.05) is 6.92 Å². The monoisotopic (exact) mass is 300 g/mol. The maximum absolute atomic E-state index is 13.8. The molecule has 0 fully saturated rings. The summed E-state index contributed by atoms with van der Waals surface area (Å²) >= 11 is 0. The lowest BCUT2D eigenvalue weighted by molar-refractivity contribution is 0.0228. The minimum Gasteiger partial charge on any atom is -0.380 e. The van der Waals surface area contributed by atoms with Crippen LogP contribution in [0.5, 0.6) is 0 Å². The van der Waals surface area contributed by atoms with Crippen LogP contribution in [0.2, 0.25) is 0 Å². The highest BCUT2D eigenvalue weighted by molar-refractivity contribution is 5.94. The number of carbonyl (C=O) groups is 1.